The molecule has 2 N–H and O–H groups in total. The fourth-order valence-electron chi connectivity index (χ4n) is 2.34. The summed E-state index contributed by atoms with van der Waals surface area (Å²) in [7, 11) is 0. The fourth-order valence-corrected chi connectivity index (χ4v) is 2.51. The van der Waals surface area contributed by atoms with Crippen molar-refractivity contribution in [2.45, 2.75) is 13.5 Å². The highest BCUT2D eigenvalue weighted by Gasteiger charge is 2.09. The lowest BCUT2D eigenvalue weighted by Gasteiger charge is -2.08. The molecule has 0 saturated heterocycles. The Morgan fingerprint density at radius 3 is 2.65 bits per heavy atom. The van der Waals surface area contributed by atoms with Crippen LogP contribution in [0.2, 0.25) is 5.02 Å². The minimum atomic E-state index is 0.744. The molecule has 2 aromatic carbocycles. The number of anilines is 1. The standard InChI is InChI=1S/C17H15ClN2/c1-12-9-16(19-11-13-5-3-2-4-6-13)15-8-7-14(18)10-17(15)20-12/h2-10H,11H2,1H3,(H,19,20)/p+1. The van der Waals surface area contributed by atoms with Crippen LogP contribution < -0.4 is 10.3 Å². The van der Waals surface area contributed by atoms with E-state index in [2.05, 4.69) is 40.6 Å². The van der Waals surface area contributed by atoms with Crippen molar-refractivity contribution in [3.8, 4) is 0 Å². The van der Waals surface area contributed by atoms with Gasteiger partial charge in [0, 0.05) is 30.6 Å². The normalized spacial score (nSPS) is 10.7. The molecule has 0 aliphatic heterocycles. The van der Waals surface area contributed by atoms with Crippen molar-refractivity contribution in [1.82, 2.24) is 0 Å². The van der Waals surface area contributed by atoms with Crippen LogP contribution >= 0.6 is 11.6 Å². The van der Waals surface area contributed by atoms with Gasteiger partial charge in [-0.05, 0) is 17.7 Å². The number of benzene rings is 2. The third-order valence-electron chi connectivity index (χ3n) is 3.29. The molecule has 3 aromatic rings. The average molecular weight is 284 g/mol. The molecule has 0 amide bonds. The summed E-state index contributed by atoms with van der Waals surface area (Å²) in [5.74, 6) is 0. The molecule has 0 unspecified atom stereocenters. The molecule has 0 bridgehead atoms. The summed E-state index contributed by atoms with van der Waals surface area (Å²) in [6, 6.07) is 18.4. The molecule has 0 spiro atoms. The van der Waals surface area contributed by atoms with Crippen LogP contribution in [0.3, 0.4) is 0 Å². The SMILES string of the molecule is Cc1cc(NCc2ccccc2)c2ccc(Cl)cc2[nH+]1. The zero-order valence-electron chi connectivity index (χ0n) is 11.3. The highest BCUT2D eigenvalue weighted by Crippen LogP contribution is 2.24. The van der Waals surface area contributed by atoms with Gasteiger partial charge in [0.1, 0.15) is 0 Å². The van der Waals surface area contributed by atoms with Gasteiger partial charge >= 0.3 is 0 Å². The smallest absolute Gasteiger partial charge is 0.214 e. The number of fused-ring (bicyclic) bond motifs is 1. The topological polar surface area (TPSA) is 26.2 Å². The number of hydrogen-bond donors (Lipinski definition) is 1. The van der Waals surface area contributed by atoms with Crippen molar-refractivity contribution < 1.29 is 4.98 Å². The third kappa shape index (κ3) is 2.75. The summed E-state index contributed by atoms with van der Waals surface area (Å²) in [5, 5.41) is 5.39. The van der Waals surface area contributed by atoms with E-state index < -0.39 is 0 Å². The Labute approximate surface area is 123 Å². The highest BCUT2D eigenvalue weighted by molar-refractivity contribution is 6.31. The third-order valence-corrected chi connectivity index (χ3v) is 3.53. The largest absolute Gasteiger partial charge is 0.380 e. The van der Waals surface area contributed by atoms with E-state index in [-0.39, 0.29) is 0 Å². The molecule has 1 aromatic heterocycles. The molecule has 0 radical (unpaired) electrons. The van der Waals surface area contributed by atoms with E-state index >= 15 is 0 Å². The zero-order valence-corrected chi connectivity index (χ0v) is 12.0. The van der Waals surface area contributed by atoms with Crippen molar-refractivity contribution in [1.29, 1.82) is 0 Å². The van der Waals surface area contributed by atoms with Gasteiger partial charge in [0.05, 0.1) is 11.1 Å². The van der Waals surface area contributed by atoms with Crippen LogP contribution in [0.25, 0.3) is 10.9 Å². The monoisotopic (exact) mass is 283 g/mol. The van der Waals surface area contributed by atoms with E-state index in [1.165, 1.54) is 5.56 Å². The number of halogens is 1. The number of pyridine rings is 1. The number of H-pyrrole nitrogens is 1. The molecule has 3 rings (SSSR count). The molecular weight excluding hydrogens is 268 g/mol. The minimum absolute atomic E-state index is 0.744. The molecule has 100 valence electrons. The minimum Gasteiger partial charge on any atom is -0.380 e. The lowest BCUT2D eigenvalue weighted by atomic mass is 10.1. The Morgan fingerprint density at radius 2 is 1.85 bits per heavy atom. The number of aryl methyl sites for hydroxylation is 1. The molecule has 0 saturated carbocycles. The van der Waals surface area contributed by atoms with Crippen molar-refractivity contribution >= 4 is 28.2 Å². The highest BCUT2D eigenvalue weighted by atomic mass is 35.5. The second-order valence-corrected chi connectivity index (χ2v) is 5.33. The van der Waals surface area contributed by atoms with Crippen LogP contribution in [-0.2, 0) is 6.54 Å². The second-order valence-electron chi connectivity index (χ2n) is 4.90. The fraction of sp³-hybridized carbons (Fsp3) is 0.118. The molecule has 0 atom stereocenters. The first-order valence-corrected chi connectivity index (χ1v) is 7.00. The molecular formula is C17H16ClN2+. The van der Waals surface area contributed by atoms with Crippen LogP contribution in [0.1, 0.15) is 11.3 Å². The first-order valence-electron chi connectivity index (χ1n) is 6.62. The Morgan fingerprint density at radius 1 is 1.05 bits per heavy atom. The summed E-state index contributed by atoms with van der Waals surface area (Å²) in [6.45, 7) is 2.86. The van der Waals surface area contributed by atoms with Gasteiger partial charge < -0.3 is 5.32 Å². The molecule has 0 aliphatic rings. The summed E-state index contributed by atoms with van der Waals surface area (Å²) in [4.78, 5) is 3.34. The van der Waals surface area contributed by atoms with Crippen LogP contribution in [0.5, 0.6) is 0 Å². The van der Waals surface area contributed by atoms with Crippen LogP contribution in [-0.4, -0.2) is 0 Å². The van der Waals surface area contributed by atoms with Gasteiger partial charge in [0.25, 0.3) is 0 Å². The van der Waals surface area contributed by atoms with Gasteiger partial charge in [-0.3, -0.25) is 0 Å². The van der Waals surface area contributed by atoms with E-state index in [9.17, 15) is 0 Å². The molecule has 3 heteroatoms. The lowest BCUT2D eigenvalue weighted by Crippen LogP contribution is -2.11. The quantitative estimate of drug-likeness (QED) is 0.765. The lowest BCUT2D eigenvalue weighted by molar-refractivity contribution is -0.354. The molecule has 1 heterocycles. The van der Waals surface area contributed by atoms with Gasteiger partial charge in [0.15, 0.2) is 5.69 Å². The maximum Gasteiger partial charge on any atom is 0.214 e. The molecule has 0 fully saturated rings. The molecule has 2 nitrogen and oxygen atoms in total. The summed E-state index contributed by atoms with van der Waals surface area (Å²) in [6.07, 6.45) is 0. The van der Waals surface area contributed by atoms with E-state index in [0.29, 0.717) is 0 Å². The number of hydrogen-bond acceptors (Lipinski definition) is 1. The Balaban J connectivity index is 1.94. The Bertz CT molecular complexity index is 733. The first-order chi connectivity index (χ1) is 9.72. The number of aromatic nitrogens is 1. The molecule has 20 heavy (non-hydrogen) atoms. The van der Waals surface area contributed by atoms with Crippen molar-refractivity contribution in [2.24, 2.45) is 0 Å². The summed E-state index contributed by atoms with van der Waals surface area (Å²) < 4.78 is 0. The summed E-state index contributed by atoms with van der Waals surface area (Å²) in [5.41, 5.74) is 4.54. The van der Waals surface area contributed by atoms with Crippen LogP contribution in [0.15, 0.2) is 54.6 Å². The maximum absolute atomic E-state index is 6.06. The van der Waals surface area contributed by atoms with Crippen LogP contribution in [0.4, 0.5) is 5.69 Å². The molecule has 0 aliphatic carbocycles. The number of nitrogens with one attached hydrogen (secondary N) is 2. The van der Waals surface area contributed by atoms with E-state index in [1.807, 2.05) is 31.2 Å². The maximum atomic E-state index is 6.06. The van der Waals surface area contributed by atoms with Gasteiger partial charge in [-0.15, -0.1) is 0 Å². The predicted molar refractivity (Wildman–Crippen MR) is 84.0 cm³/mol. The first kappa shape index (κ1) is 12.9. The van der Waals surface area contributed by atoms with Crippen molar-refractivity contribution in [3.05, 3.63) is 70.9 Å². The zero-order chi connectivity index (χ0) is 13.9. The Hall–Kier alpha value is -2.06. The second kappa shape index (κ2) is 5.51. The van der Waals surface area contributed by atoms with Crippen molar-refractivity contribution in [2.75, 3.05) is 5.32 Å². The van der Waals surface area contributed by atoms with E-state index in [0.717, 1.165) is 33.9 Å². The van der Waals surface area contributed by atoms with Gasteiger partial charge in [-0.1, -0.05) is 41.9 Å². The van der Waals surface area contributed by atoms with E-state index in [1.54, 1.807) is 0 Å². The van der Waals surface area contributed by atoms with Crippen LogP contribution in [0, 0.1) is 6.92 Å². The van der Waals surface area contributed by atoms with Gasteiger partial charge in [-0.25, -0.2) is 4.98 Å². The average Bonchev–Trinajstić information content (AvgIpc) is 2.45. The predicted octanol–water partition coefficient (Wildman–Crippen LogP) is 4.23. The van der Waals surface area contributed by atoms with Gasteiger partial charge in [0.2, 0.25) is 5.52 Å². The number of aromatic amines is 1. The van der Waals surface area contributed by atoms with Crippen molar-refractivity contribution in [3.63, 3.8) is 0 Å². The van der Waals surface area contributed by atoms with Gasteiger partial charge in [-0.2, -0.15) is 0 Å². The summed E-state index contributed by atoms with van der Waals surface area (Å²) >= 11 is 6.06. The number of rotatable bonds is 3. The van der Waals surface area contributed by atoms with E-state index in [4.69, 9.17) is 11.6 Å². The Kier molecular flexibility index (Phi) is 3.57.